The van der Waals surface area contributed by atoms with Gasteiger partial charge in [-0.05, 0) is 25.5 Å². The SMILES string of the molecule is CON=CC1=CCCNC1C. The molecule has 0 aromatic carbocycles. The van der Waals surface area contributed by atoms with Crippen LogP contribution in [0.2, 0.25) is 0 Å². The van der Waals surface area contributed by atoms with Gasteiger partial charge in [-0.15, -0.1) is 0 Å². The Morgan fingerprint density at radius 2 is 2.64 bits per heavy atom. The quantitative estimate of drug-likeness (QED) is 0.474. The summed E-state index contributed by atoms with van der Waals surface area (Å²) >= 11 is 0. The van der Waals surface area contributed by atoms with Crippen LogP contribution in [0, 0.1) is 0 Å². The molecule has 1 rings (SSSR count). The van der Waals surface area contributed by atoms with E-state index in [1.807, 2.05) is 0 Å². The lowest BCUT2D eigenvalue weighted by Gasteiger charge is -2.18. The predicted molar refractivity (Wildman–Crippen MR) is 45.7 cm³/mol. The largest absolute Gasteiger partial charge is 0.399 e. The van der Waals surface area contributed by atoms with E-state index in [4.69, 9.17) is 0 Å². The van der Waals surface area contributed by atoms with Gasteiger partial charge in [0.05, 0.1) is 6.21 Å². The van der Waals surface area contributed by atoms with Crippen molar-refractivity contribution in [3.63, 3.8) is 0 Å². The molecule has 0 bridgehead atoms. The van der Waals surface area contributed by atoms with E-state index in [0.29, 0.717) is 6.04 Å². The zero-order valence-electron chi connectivity index (χ0n) is 7.00. The number of nitrogens with zero attached hydrogens (tertiary/aromatic N) is 1. The van der Waals surface area contributed by atoms with E-state index in [1.165, 1.54) is 5.57 Å². The zero-order chi connectivity index (χ0) is 8.10. The van der Waals surface area contributed by atoms with Crippen LogP contribution in [0.1, 0.15) is 13.3 Å². The normalized spacial score (nSPS) is 25.3. The second-order valence-electron chi connectivity index (χ2n) is 2.59. The first-order valence-corrected chi connectivity index (χ1v) is 3.84. The van der Waals surface area contributed by atoms with Gasteiger partial charge >= 0.3 is 0 Å². The Morgan fingerprint density at radius 3 is 3.27 bits per heavy atom. The predicted octanol–water partition coefficient (Wildman–Crippen LogP) is 0.927. The average Bonchev–Trinajstić information content (AvgIpc) is 2.03. The van der Waals surface area contributed by atoms with Gasteiger partial charge in [0, 0.05) is 6.04 Å². The highest BCUT2D eigenvalue weighted by Crippen LogP contribution is 2.05. The molecule has 0 aromatic heterocycles. The Bertz CT molecular complexity index is 175. The summed E-state index contributed by atoms with van der Waals surface area (Å²) in [7, 11) is 1.55. The van der Waals surface area contributed by atoms with E-state index in [0.717, 1.165) is 13.0 Å². The Labute approximate surface area is 67.1 Å². The first-order chi connectivity index (χ1) is 5.34. The molecule has 62 valence electrons. The second-order valence-corrected chi connectivity index (χ2v) is 2.59. The van der Waals surface area contributed by atoms with Gasteiger partial charge in [-0.25, -0.2) is 0 Å². The van der Waals surface area contributed by atoms with Gasteiger partial charge in [-0.2, -0.15) is 0 Å². The molecule has 1 unspecified atom stereocenters. The number of hydrogen-bond acceptors (Lipinski definition) is 3. The maximum Gasteiger partial charge on any atom is 0.106 e. The molecule has 1 aliphatic rings. The number of hydrogen-bond donors (Lipinski definition) is 1. The Balaban J connectivity index is 2.53. The van der Waals surface area contributed by atoms with Crippen LogP contribution < -0.4 is 5.32 Å². The van der Waals surface area contributed by atoms with E-state index >= 15 is 0 Å². The van der Waals surface area contributed by atoms with Crippen molar-refractivity contribution in [2.75, 3.05) is 13.7 Å². The maximum atomic E-state index is 4.59. The van der Waals surface area contributed by atoms with E-state index in [9.17, 15) is 0 Å². The lowest BCUT2D eigenvalue weighted by molar-refractivity contribution is 0.215. The summed E-state index contributed by atoms with van der Waals surface area (Å²) in [5, 5.41) is 7.04. The van der Waals surface area contributed by atoms with Gasteiger partial charge in [0.15, 0.2) is 0 Å². The summed E-state index contributed by atoms with van der Waals surface area (Å²) in [6.07, 6.45) is 5.02. The fraction of sp³-hybridized carbons (Fsp3) is 0.625. The van der Waals surface area contributed by atoms with Crippen molar-refractivity contribution in [1.82, 2.24) is 5.32 Å². The highest BCUT2D eigenvalue weighted by molar-refractivity contribution is 5.79. The van der Waals surface area contributed by atoms with Crippen LogP contribution in [-0.2, 0) is 4.84 Å². The second kappa shape index (κ2) is 4.13. The van der Waals surface area contributed by atoms with Gasteiger partial charge < -0.3 is 10.2 Å². The summed E-state index contributed by atoms with van der Waals surface area (Å²) in [6.45, 7) is 3.18. The first kappa shape index (κ1) is 8.27. The van der Waals surface area contributed by atoms with Crippen molar-refractivity contribution in [2.24, 2.45) is 5.16 Å². The van der Waals surface area contributed by atoms with Gasteiger partial charge in [-0.1, -0.05) is 11.2 Å². The van der Waals surface area contributed by atoms with Crippen molar-refractivity contribution in [2.45, 2.75) is 19.4 Å². The summed E-state index contributed by atoms with van der Waals surface area (Å²) in [6, 6.07) is 0.405. The summed E-state index contributed by atoms with van der Waals surface area (Å²) < 4.78 is 0. The molecule has 1 atom stereocenters. The third-order valence-corrected chi connectivity index (χ3v) is 1.78. The minimum absolute atomic E-state index is 0.405. The summed E-state index contributed by atoms with van der Waals surface area (Å²) in [4.78, 5) is 4.59. The molecule has 0 saturated carbocycles. The third-order valence-electron chi connectivity index (χ3n) is 1.78. The van der Waals surface area contributed by atoms with Crippen molar-refractivity contribution < 1.29 is 4.84 Å². The van der Waals surface area contributed by atoms with Crippen LogP contribution in [0.25, 0.3) is 0 Å². The smallest absolute Gasteiger partial charge is 0.106 e. The van der Waals surface area contributed by atoms with E-state index in [-0.39, 0.29) is 0 Å². The molecule has 0 amide bonds. The Hall–Kier alpha value is -0.830. The molecule has 0 saturated heterocycles. The summed E-state index contributed by atoms with van der Waals surface area (Å²) in [5.74, 6) is 0. The lowest BCUT2D eigenvalue weighted by atomic mass is 10.1. The molecule has 1 N–H and O–H groups in total. The molecule has 1 heterocycles. The molecule has 0 fully saturated rings. The molecule has 0 aliphatic carbocycles. The highest BCUT2D eigenvalue weighted by Gasteiger charge is 2.09. The van der Waals surface area contributed by atoms with Crippen LogP contribution in [0.15, 0.2) is 16.8 Å². The molecule has 11 heavy (non-hydrogen) atoms. The van der Waals surface area contributed by atoms with E-state index < -0.39 is 0 Å². The van der Waals surface area contributed by atoms with Crippen molar-refractivity contribution in [3.8, 4) is 0 Å². The molecule has 0 aromatic rings. The van der Waals surface area contributed by atoms with Crippen LogP contribution in [0.4, 0.5) is 0 Å². The molecule has 1 aliphatic heterocycles. The van der Waals surface area contributed by atoms with Crippen molar-refractivity contribution in [3.05, 3.63) is 11.6 Å². The Morgan fingerprint density at radius 1 is 1.82 bits per heavy atom. The fourth-order valence-electron chi connectivity index (χ4n) is 1.11. The van der Waals surface area contributed by atoms with Crippen molar-refractivity contribution in [1.29, 1.82) is 0 Å². The number of rotatable bonds is 2. The Kier molecular flexibility index (Phi) is 3.11. The number of oxime groups is 1. The molecular formula is C8H14N2O. The van der Waals surface area contributed by atoms with E-state index in [1.54, 1.807) is 13.3 Å². The fourth-order valence-corrected chi connectivity index (χ4v) is 1.11. The topological polar surface area (TPSA) is 33.6 Å². The van der Waals surface area contributed by atoms with Crippen molar-refractivity contribution >= 4 is 6.21 Å². The highest BCUT2D eigenvalue weighted by atomic mass is 16.6. The molecular weight excluding hydrogens is 140 g/mol. The average molecular weight is 154 g/mol. The lowest BCUT2D eigenvalue weighted by Crippen LogP contribution is -2.32. The first-order valence-electron chi connectivity index (χ1n) is 3.84. The number of nitrogens with one attached hydrogen (secondary N) is 1. The minimum atomic E-state index is 0.405. The van der Waals surface area contributed by atoms with Crippen LogP contribution in [-0.4, -0.2) is 25.9 Å². The van der Waals surface area contributed by atoms with Gasteiger partial charge in [0.25, 0.3) is 0 Å². The standard InChI is InChI=1S/C8H14N2O/c1-7-8(6-10-11-2)4-3-5-9-7/h4,6-7,9H,3,5H2,1-2H3. The monoisotopic (exact) mass is 154 g/mol. The van der Waals surface area contributed by atoms with Crippen LogP contribution in [0.3, 0.4) is 0 Å². The van der Waals surface area contributed by atoms with Crippen LogP contribution >= 0.6 is 0 Å². The molecule has 3 nitrogen and oxygen atoms in total. The van der Waals surface area contributed by atoms with Crippen LogP contribution in [0.5, 0.6) is 0 Å². The summed E-state index contributed by atoms with van der Waals surface area (Å²) in [5.41, 5.74) is 1.21. The van der Waals surface area contributed by atoms with Gasteiger partial charge in [0.2, 0.25) is 0 Å². The minimum Gasteiger partial charge on any atom is -0.399 e. The van der Waals surface area contributed by atoms with Gasteiger partial charge in [0.1, 0.15) is 7.11 Å². The third kappa shape index (κ3) is 2.35. The zero-order valence-corrected chi connectivity index (χ0v) is 7.00. The molecule has 3 heteroatoms. The molecule has 0 spiro atoms. The maximum absolute atomic E-state index is 4.59. The van der Waals surface area contributed by atoms with Gasteiger partial charge in [-0.3, -0.25) is 0 Å². The van der Waals surface area contributed by atoms with E-state index in [2.05, 4.69) is 28.3 Å². The molecule has 0 radical (unpaired) electrons.